The maximum absolute atomic E-state index is 13.1. The molecule has 0 bridgehead atoms. The van der Waals surface area contributed by atoms with E-state index in [4.69, 9.17) is 37.0 Å². The number of aliphatic hydroxyl groups is 1. The van der Waals surface area contributed by atoms with Crippen LogP contribution >= 0.6 is 15.6 Å². The summed E-state index contributed by atoms with van der Waals surface area (Å²) in [6, 6.07) is 0. The lowest BCUT2D eigenvalue weighted by Crippen LogP contribution is -2.30. The van der Waals surface area contributed by atoms with Gasteiger partial charge in [-0.15, -0.1) is 0 Å². The normalized spacial score (nSPS) is 14.3. The van der Waals surface area contributed by atoms with Crippen LogP contribution in [0.1, 0.15) is 415 Å². The third kappa shape index (κ3) is 73.0. The number of unbranched alkanes of at least 4 members (excludes halogenated alkanes) is 43. The van der Waals surface area contributed by atoms with Crippen molar-refractivity contribution in [2.75, 3.05) is 39.6 Å². The highest BCUT2D eigenvalue weighted by atomic mass is 31.2. The highest BCUT2D eigenvalue weighted by Gasteiger charge is 2.30. The fourth-order valence-corrected chi connectivity index (χ4v) is 14.0. The molecule has 100 heavy (non-hydrogen) atoms. The average molecular weight is 1470 g/mol. The van der Waals surface area contributed by atoms with Crippen LogP contribution in [0.3, 0.4) is 0 Å². The fraction of sp³-hybridized carbons (Fsp3) is 0.951. The van der Waals surface area contributed by atoms with E-state index in [-0.39, 0.29) is 25.7 Å². The molecule has 0 aromatic heterocycles. The largest absolute Gasteiger partial charge is 0.472 e. The molecule has 0 aliphatic heterocycles. The van der Waals surface area contributed by atoms with Gasteiger partial charge < -0.3 is 33.8 Å². The first kappa shape index (κ1) is 98.1. The second-order valence-electron chi connectivity index (χ2n) is 30.8. The Morgan fingerprint density at radius 2 is 0.480 bits per heavy atom. The zero-order chi connectivity index (χ0) is 73.8. The molecule has 0 spiro atoms. The van der Waals surface area contributed by atoms with Crippen molar-refractivity contribution in [3.63, 3.8) is 0 Å². The van der Waals surface area contributed by atoms with Crippen molar-refractivity contribution in [1.82, 2.24) is 0 Å². The van der Waals surface area contributed by atoms with Crippen molar-refractivity contribution >= 4 is 39.5 Å². The number of aliphatic hydroxyl groups excluding tert-OH is 1. The molecule has 19 heteroatoms. The number of rotatable bonds is 78. The van der Waals surface area contributed by atoms with Crippen LogP contribution in [0, 0.1) is 23.7 Å². The summed E-state index contributed by atoms with van der Waals surface area (Å²) in [5, 5.41) is 10.6. The molecule has 6 atom stereocenters. The van der Waals surface area contributed by atoms with Gasteiger partial charge in [-0.1, -0.05) is 364 Å². The molecule has 0 saturated heterocycles. The topological polar surface area (TPSA) is 237 Å². The predicted octanol–water partition coefficient (Wildman–Crippen LogP) is 24.0. The molecule has 594 valence electrons. The maximum atomic E-state index is 13.1. The van der Waals surface area contributed by atoms with Gasteiger partial charge in [-0.2, -0.15) is 0 Å². The number of ether oxygens (including phenoxy) is 4. The van der Waals surface area contributed by atoms with Gasteiger partial charge in [-0.25, -0.2) is 9.13 Å². The molecular formula is C81H158O17P2. The Kier molecular flexibility index (Phi) is 68.7. The van der Waals surface area contributed by atoms with E-state index >= 15 is 0 Å². The number of esters is 4. The Morgan fingerprint density at radius 1 is 0.280 bits per heavy atom. The maximum Gasteiger partial charge on any atom is 0.472 e. The van der Waals surface area contributed by atoms with Crippen LogP contribution in [0.25, 0.3) is 0 Å². The van der Waals surface area contributed by atoms with Crippen LogP contribution < -0.4 is 0 Å². The molecule has 0 saturated carbocycles. The molecule has 0 aliphatic rings. The van der Waals surface area contributed by atoms with Gasteiger partial charge in [0.2, 0.25) is 0 Å². The molecule has 17 nitrogen and oxygen atoms in total. The molecular weight excluding hydrogens is 1310 g/mol. The van der Waals surface area contributed by atoms with Gasteiger partial charge in [0.1, 0.15) is 19.3 Å². The third-order valence-electron chi connectivity index (χ3n) is 19.2. The second kappa shape index (κ2) is 70.1. The smallest absolute Gasteiger partial charge is 0.462 e. The van der Waals surface area contributed by atoms with Gasteiger partial charge in [0.15, 0.2) is 12.2 Å². The lowest BCUT2D eigenvalue weighted by atomic mass is 9.99. The number of hydrogen-bond acceptors (Lipinski definition) is 15. The summed E-state index contributed by atoms with van der Waals surface area (Å²) in [6.45, 7) is 14.2. The van der Waals surface area contributed by atoms with Gasteiger partial charge in [-0.3, -0.25) is 37.3 Å². The summed E-state index contributed by atoms with van der Waals surface area (Å²) in [7, 11) is -9.92. The number of carbonyl (C=O) groups excluding carboxylic acids is 4. The number of phosphoric acid groups is 2. The average Bonchev–Trinajstić information content (AvgIpc) is 0.986. The molecule has 0 radical (unpaired) electrons. The first-order valence-electron chi connectivity index (χ1n) is 41.7. The van der Waals surface area contributed by atoms with E-state index in [0.717, 1.165) is 115 Å². The summed E-state index contributed by atoms with van der Waals surface area (Å²) in [5.74, 6) is 0.946. The van der Waals surface area contributed by atoms with E-state index in [1.165, 1.54) is 205 Å². The quantitative estimate of drug-likeness (QED) is 0.0222. The molecule has 3 N–H and O–H groups in total. The van der Waals surface area contributed by atoms with E-state index in [1.807, 2.05) is 0 Å². The minimum Gasteiger partial charge on any atom is -0.462 e. The Bertz CT molecular complexity index is 1960. The minimum atomic E-state index is -4.96. The van der Waals surface area contributed by atoms with Gasteiger partial charge in [0.25, 0.3) is 0 Å². The van der Waals surface area contributed by atoms with Gasteiger partial charge >= 0.3 is 39.5 Å². The molecule has 0 heterocycles. The Balaban J connectivity index is 5.13. The molecule has 0 aromatic rings. The highest BCUT2D eigenvalue weighted by Crippen LogP contribution is 2.45. The molecule has 4 unspecified atom stereocenters. The lowest BCUT2D eigenvalue weighted by Gasteiger charge is -2.21. The van der Waals surface area contributed by atoms with Crippen molar-refractivity contribution in [3.05, 3.63) is 0 Å². The van der Waals surface area contributed by atoms with E-state index < -0.39 is 97.5 Å². The number of phosphoric ester groups is 2. The summed E-state index contributed by atoms with van der Waals surface area (Å²) < 4.78 is 68.6. The zero-order valence-electron chi connectivity index (χ0n) is 65.8. The van der Waals surface area contributed by atoms with E-state index in [9.17, 15) is 43.2 Å². The van der Waals surface area contributed by atoms with Crippen molar-refractivity contribution in [3.8, 4) is 0 Å². The van der Waals surface area contributed by atoms with Crippen molar-refractivity contribution in [2.24, 2.45) is 23.7 Å². The first-order chi connectivity index (χ1) is 48.1. The van der Waals surface area contributed by atoms with Crippen LogP contribution in [0.4, 0.5) is 0 Å². The van der Waals surface area contributed by atoms with Crippen molar-refractivity contribution < 1.29 is 80.2 Å². The lowest BCUT2D eigenvalue weighted by molar-refractivity contribution is -0.161. The minimum absolute atomic E-state index is 0.106. The SMILES string of the molecule is CCC(C)CCCCCCCCCCCCCCCCCCCCC(=O)O[C@H](COC(=O)CCCCCCCCCC(C)C)COP(=O)(O)OCC(O)COP(=O)(O)OC[C@@H](COC(=O)CCCCCCCCC(C)C)OC(=O)CCCCCCCCCCCCCCCCCCC(C)C. The zero-order valence-corrected chi connectivity index (χ0v) is 67.6. The van der Waals surface area contributed by atoms with Gasteiger partial charge in [-0.05, 0) is 49.4 Å². The number of carbonyl (C=O) groups is 4. The van der Waals surface area contributed by atoms with Crippen LogP contribution in [-0.4, -0.2) is 96.7 Å². The van der Waals surface area contributed by atoms with Gasteiger partial charge in [0.05, 0.1) is 26.4 Å². The fourth-order valence-electron chi connectivity index (χ4n) is 12.4. The van der Waals surface area contributed by atoms with Crippen LogP contribution in [0.5, 0.6) is 0 Å². The number of hydrogen-bond donors (Lipinski definition) is 3. The van der Waals surface area contributed by atoms with Crippen molar-refractivity contribution in [2.45, 2.75) is 433 Å². The highest BCUT2D eigenvalue weighted by molar-refractivity contribution is 7.47. The Morgan fingerprint density at radius 3 is 0.710 bits per heavy atom. The van der Waals surface area contributed by atoms with E-state index in [1.54, 1.807) is 0 Å². The second-order valence-corrected chi connectivity index (χ2v) is 33.7. The summed E-state index contributed by atoms with van der Waals surface area (Å²) in [6.07, 6.45) is 57.3. The predicted molar refractivity (Wildman–Crippen MR) is 409 cm³/mol. The molecule has 0 rings (SSSR count). The van der Waals surface area contributed by atoms with E-state index in [2.05, 4.69) is 55.4 Å². The standard InChI is InChI=1S/C81H158O17P2/c1-9-74(8)60-52-44-35-29-25-21-17-12-10-11-13-18-22-26-30-36-47-55-63-80(85)97-76(67-91-78(83)61-53-45-38-32-34-42-50-58-72(4)5)69-95-99(87,88)93-65-75(82)66-94-100(89,90)96-70-77(68-92-79(84)62-54-46-40-39-43-51-59-73(6)7)98-81(86)64-56-48-37-31-27-23-19-15-14-16-20-24-28-33-41-49-57-71(2)3/h71-77,82H,9-70H2,1-8H3,(H,87,88)(H,89,90)/t74?,75?,76-,77-/m1/s1. The third-order valence-corrected chi connectivity index (χ3v) is 21.1. The first-order valence-corrected chi connectivity index (χ1v) is 44.7. The van der Waals surface area contributed by atoms with Crippen LogP contribution in [0.2, 0.25) is 0 Å². The Hall–Kier alpha value is -1.94. The van der Waals surface area contributed by atoms with Gasteiger partial charge in [0, 0.05) is 25.7 Å². The Labute approximate surface area is 613 Å². The van der Waals surface area contributed by atoms with Crippen LogP contribution in [0.15, 0.2) is 0 Å². The summed E-state index contributed by atoms with van der Waals surface area (Å²) >= 11 is 0. The monoisotopic (exact) mass is 1470 g/mol. The molecule has 0 aliphatic carbocycles. The van der Waals surface area contributed by atoms with Crippen molar-refractivity contribution in [1.29, 1.82) is 0 Å². The summed E-state index contributed by atoms with van der Waals surface area (Å²) in [5.41, 5.74) is 0. The summed E-state index contributed by atoms with van der Waals surface area (Å²) in [4.78, 5) is 72.9. The van der Waals surface area contributed by atoms with E-state index in [0.29, 0.717) is 37.5 Å². The molecule has 0 fully saturated rings. The van der Waals surface area contributed by atoms with Crippen LogP contribution in [-0.2, 0) is 65.4 Å². The molecule has 0 aromatic carbocycles. The molecule has 0 amide bonds.